The minimum atomic E-state index is -4.66. The molecule has 1 atom stereocenters. The second-order valence-electron chi connectivity index (χ2n) is 8.79. The zero-order valence-electron chi connectivity index (χ0n) is 19.4. The standard InChI is InChI=1S/C25H22F3N5O3/c1-29-16-6-3-13(4-7-16)21-20(31-24(32(21)2)25(26,27)28)14-5-8-17-15(11-14)12-33(23(17)36)18-9-10-19(34)30-22(18)35/h3-8,11,18,29H,9-10,12H2,1-2H3,(H,30,34,35). The lowest BCUT2D eigenvalue weighted by Gasteiger charge is -2.29. The number of carbonyl (C=O) groups excluding carboxylic acids is 3. The molecular formula is C25H22F3N5O3. The van der Waals surface area contributed by atoms with Gasteiger partial charge in [-0.25, -0.2) is 4.98 Å². The highest BCUT2D eigenvalue weighted by Gasteiger charge is 2.40. The van der Waals surface area contributed by atoms with E-state index >= 15 is 0 Å². The lowest BCUT2D eigenvalue weighted by Crippen LogP contribution is -2.52. The maximum atomic E-state index is 13.8. The van der Waals surface area contributed by atoms with E-state index in [0.29, 0.717) is 22.3 Å². The molecule has 5 rings (SSSR count). The number of amides is 3. The summed E-state index contributed by atoms with van der Waals surface area (Å²) in [5, 5.41) is 5.23. The van der Waals surface area contributed by atoms with Gasteiger partial charge in [0.15, 0.2) is 0 Å². The first-order valence-electron chi connectivity index (χ1n) is 11.3. The minimum Gasteiger partial charge on any atom is -0.388 e. The number of imide groups is 1. The van der Waals surface area contributed by atoms with Crippen molar-refractivity contribution in [1.82, 2.24) is 19.8 Å². The predicted molar refractivity (Wildman–Crippen MR) is 125 cm³/mol. The molecule has 2 aliphatic rings. The van der Waals surface area contributed by atoms with Crippen LogP contribution in [0.3, 0.4) is 0 Å². The molecule has 8 nitrogen and oxygen atoms in total. The highest BCUT2D eigenvalue weighted by molar-refractivity contribution is 6.05. The van der Waals surface area contributed by atoms with E-state index in [4.69, 9.17) is 0 Å². The Labute approximate surface area is 204 Å². The van der Waals surface area contributed by atoms with Gasteiger partial charge in [0.1, 0.15) is 6.04 Å². The molecule has 1 fully saturated rings. The van der Waals surface area contributed by atoms with E-state index in [1.807, 2.05) is 0 Å². The molecule has 0 bridgehead atoms. The Hall–Kier alpha value is -4.15. The van der Waals surface area contributed by atoms with Crippen LogP contribution in [0.1, 0.15) is 34.6 Å². The van der Waals surface area contributed by atoms with E-state index in [0.717, 1.165) is 10.3 Å². The summed E-state index contributed by atoms with van der Waals surface area (Å²) in [5.41, 5.74) is 3.16. The van der Waals surface area contributed by atoms with Crippen LogP contribution in [0.4, 0.5) is 18.9 Å². The second-order valence-corrected chi connectivity index (χ2v) is 8.79. The molecule has 11 heteroatoms. The van der Waals surface area contributed by atoms with Crippen molar-refractivity contribution in [3.63, 3.8) is 0 Å². The van der Waals surface area contributed by atoms with Crippen LogP contribution in [-0.2, 0) is 29.4 Å². The van der Waals surface area contributed by atoms with Gasteiger partial charge < -0.3 is 14.8 Å². The summed E-state index contributed by atoms with van der Waals surface area (Å²) in [6.45, 7) is 0.111. The molecule has 3 heterocycles. The predicted octanol–water partition coefficient (Wildman–Crippen LogP) is 3.58. The van der Waals surface area contributed by atoms with Crippen molar-refractivity contribution in [2.45, 2.75) is 31.6 Å². The van der Waals surface area contributed by atoms with E-state index in [1.165, 1.54) is 11.9 Å². The van der Waals surface area contributed by atoms with Gasteiger partial charge in [0.05, 0.1) is 11.4 Å². The molecule has 0 saturated carbocycles. The fraction of sp³-hybridized carbons (Fsp3) is 0.280. The molecule has 0 radical (unpaired) electrons. The van der Waals surface area contributed by atoms with E-state index in [9.17, 15) is 27.6 Å². The molecular weight excluding hydrogens is 475 g/mol. The topological polar surface area (TPSA) is 96.3 Å². The molecule has 2 aromatic carbocycles. The number of hydrogen-bond donors (Lipinski definition) is 2. The molecule has 3 amide bonds. The number of hydrogen-bond acceptors (Lipinski definition) is 5. The molecule has 1 saturated heterocycles. The van der Waals surface area contributed by atoms with Crippen molar-refractivity contribution in [3.8, 4) is 22.5 Å². The normalized spacial score (nSPS) is 17.9. The number of halogens is 3. The van der Waals surface area contributed by atoms with E-state index in [2.05, 4.69) is 15.6 Å². The number of rotatable bonds is 4. The van der Waals surface area contributed by atoms with Gasteiger partial charge in [-0.2, -0.15) is 13.2 Å². The van der Waals surface area contributed by atoms with Crippen LogP contribution in [0.25, 0.3) is 22.5 Å². The zero-order valence-corrected chi connectivity index (χ0v) is 19.4. The fourth-order valence-electron chi connectivity index (χ4n) is 4.80. The summed E-state index contributed by atoms with van der Waals surface area (Å²) >= 11 is 0. The van der Waals surface area contributed by atoms with Crippen LogP contribution in [-0.4, -0.2) is 45.3 Å². The number of nitrogens with one attached hydrogen (secondary N) is 2. The summed E-state index contributed by atoms with van der Waals surface area (Å²) in [7, 11) is 3.07. The number of fused-ring (bicyclic) bond motifs is 1. The van der Waals surface area contributed by atoms with Crippen molar-refractivity contribution in [1.29, 1.82) is 0 Å². The first kappa shape index (κ1) is 23.6. The third-order valence-corrected chi connectivity index (χ3v) is 6.59. The highest BCUT2D eigenvalue weighted by atomic mass is 19.4. The van der Waals surface area contributed by atoms with Gasteiger partial charge in [0.2, 0.25) is 17.6 Å². The van der Waals surface area contributed by atoms with Crippen LogP contribution in [0, 0.1) is 0 Å². The number of alkyl halides is 3. The van der Waals surface area contributed by atoms with E-state index < -0.39 is 23.9 Å². The molecule has 3 aromatic rings. The van der Waals surface area contributed by atoms with Crippen molar-refractivity contribution in [3.05, 3.63) is 59.4 Å². The summed E-state index contributed by atoms with van der Waals surface area (Å²) in [6, 6.07) is 10.9. The Bertz CT molecular complexity index is 1400. The number of carbonyl (C=O) groups is 3. The maximum absolute atomic E-state index is 13.8. The van der Waals surface area contributed by atoms with Gasteiger partial charge in [-0.05, 0) is 36.2 Å². The van der Waals surface area contributed by atoms with Gasteiger partial charge >= 0.3 is 6.18 Å². The Morgan fingerprint density at radius 2 is 1.75 bits per heavy atom. The quantitative estimate of drug-likeness (QED) is 0.538. The summed E-state index contributed by atoms with van der Waals surface area (Å²) in [6.07, 6.45) is -4.31. The van der Waals surface area contributed by atoms with Crippen molar-refractivity contribution >= 4 is 23.4 Å². The summed E-state index contributed by atoms with van der Waals surface area (Å²) in [4.78, 5) is 42.2. The number of imidazole rings is 1. The number of aromatic nitrogens is 2. The Balaban J connectivity index is 1.56. The van der Waals surface area contributed by atoms with Gasteiger partial charge in [-0.15, -0.1) is 0 Å². The van der Waals surface area contributed by atoms with Gasteiger partial charge in [0, 0.05) is 49.4 Å². The number of nitrogens with zero attached hydrogens (tertiary/aromatic N) is 3. The Morgan fingerprint density at radius 1 is 1.06 bits per heavy atom. The lowest BCUT2D eigenvalue weighted by atomic mass is 10.0. The van der Waals surface area contributed by atoms with Crippen LogP contribution in [0.2, 0.25) is 0 Å². The fourth-order valence-corrected chi connectivity index (χ4v) is 4.80. The van der Waals surface area contributed by atoms with Gasteiger partial charge in [0.25, 0.3) is 5.91 Å². The van der Waals surface area contributed by atoms with Crippen LogP contribution < -0.4 is 10.6 Å². The largest absolute Gasteiger partial charge is 0.449 e. The summed E-state index contributed by atoms with van der Waals surface area (Å²) < 4.78 is 42.4. The molecule has 1 aromatic heterocycles. The summed E-state index contributed by atoms with van der Waals surface area (Å²) in [5.74, 6) is -2.30. The van der Waals surface area contributed by atoms with E-state index in [-0.39, 0.29) is 42.6 Å². The van der Waals surface area contributed by atoms with E-state index in [1.54, 1.807) is 49.5 Å². The lowest BCUT2D eigenvalue weighted by molar-refractivity contribution is -0.146. The van der Waals surface area contributed by atoms with Crippen molar-refractivity contribution in [2.24, 2.45) is 7.05 Å². The first-order chi connectivity index (χ1) is 17.1. The Morgan fingerprint density at radius 3 is 2.39 bits per heavy atom. The SMILES string of the molecule is CNc1ccc(-c2c(-c3ccc4c(c3)CN(C3CCC(=O)NC3=O)C4=O)nc(C(F)(F)F)n2C)cc1. The molecule has 186 valence electrons. The average Bonchev–Trinajstić information content (AvgIpc) is 3.36. The Kier molecular flexibility index (Phi) is 5.57. The smallest absolute Gasteiger partial charge is 0.388 e. The molecule has 2 N–H and O–H groups in total. The zero-order chi connectivity index (χ0) is 25.8. The highest BCUT2D eigenvalue weighted by Crippen LogP contribution is 2.39. The van der Waals surface area contributed by atoms with Gasteiger partial charge in [-0.3, -0.25) is 19.7 Å². The molecule has 0 spiro atoms. The van der Waals surface area contributed by atoms with Crippen molar-refractivity contribution in [2.75, 3.05) is 12.4 Å². The molecule has 0 aliphatic carbocycles. The first-order valence-corrected chi connectivity index (χ1v) is 11.3. The number of benzene rings is 2. The minimum absolute atomic E-state index is 0.111. The maximum Gasteiger partial charge on any atom is 0.449 e. The van der Waals surface area contributed by atoms with Crippen LogP contribution >= 0.6 is 0 Å². The van der Waals surface area contributed by atoms with Crippen molar-refractivity contribution < 1.29 is 27.6 Å². The average molecular weight is 497 g/mol. The monoisotopic (exact) mass is 497 g/mol. The van der Waals surface area contributed by atoms with Crippen LogP contribution in [0.5, 0.6) is 0 Å². The number of anilines is 1. The third kappa shape index (κ3) is 3.90. The molecule has 1 unspecified atom stereocenters. The molecule has 2 aliphatic heterocycles. The second kappa shape index (κ2) is 8.51. The number of piperidine rings is 1. The van der Waals surface area contributed by atoms with Crippen LogP contribution in [0.15, 0.2) is 42.5 Å². The third-order valence-electron chi connectivity index (χ3n) is 6.59. The van der Waals surface area contributed by atoms with Gasteiger partial charge in [-0.1, -0.05) is 18.2 Å². The molecule has 36 heavy (non-hydrogen) atoms.